The molecule has 0 N–H and O–H groups in total. The molecule has 1 amide bonds. The summed E-state index contributed by atoms with van der Waals surface area (Å²) < 4.78 is 6.30. The van der Waals surface area contributed by atoms with Crippen molar-refractivity contribution in [3.63, 3.8) is 0 Å². The Labute approximate surface area is 167 Å². The van der Waals surface area contributed by atoms with Crippen molar-refractivity contribution >= 4 is 56.3 Å². The molecule has 5 nitrogen and oxygen atoms in total. The van der Waals surface area contributed by atoms with E-state index < -0.39 is 0 Å². The highest BCUT2D eigenvalue weighted by Crippen LogP contribution is 2.31. The molecule has 8 heteroatoms. The van der Waals surface area contributed by atoms with E-state index in [1.165, 1.54) is 11.3 Å². The molecule has 3 rings (SSSR count). The Hall–Kier alpha value is -1.67. The zero-order valence-corrected chi connectivity index (χ0v) is 17.4. The first kappa shape index (κ1) is 20.6. The molecule has 0 unspecified atom stereocenters. The lowest BCUT2D eigenvalue weighted by Gasteiger charge is -2.21. The van der Waals surface area contributed by atoms with Crippen LogP contribution < -0.4 is 9.64 Å². The average molecular weight is 412 g/mol. The third-order valence-electron chi connectivity index (χ3n) is 3.79. The summed E-state index contributed by atoms with van der Waals surface area (Å²) in [5, 5.41) is 2.74. The Morgan fingerprint density at radius 1 is 1.23 bits per heavy atom. The van der Waals surface area contributed by atoms with Crippen LogP contribution in [0.25, 0.3) is 10.2 Å². The van der Waals surface area contributed by atoms with E-state index in [0.717, 1.165) is 32.5 Å². The zero-order chi connectivity index (χ0) is 17.8. The average Bonchev–Trinajstić information content (AvgIpc) is 3.23. The summed E-state index contributed by atoms with van der Waals surface area (Å²) in [5.74, 6) is 0.878. The van der Waals surface area contributed by atoms with Gasteiger partial charge in [0.1, 0.15) is 5.75 Å². The monoisotopic (exact) mass is 411 g/mol. The second-order valence-corrected chi connectivity index (χ2v) is 7.98. The molecule has 140 valence electrons. The number of fused-ring (bicyclic) bond motifs is 1. The number of halogens is 1. The maximum absolute atomic E-state index is 12.9. The number of thiazole rings is 1. The van der Waals surface area contributed by atoms with E-state index in [9.17, 15) is 4.79 Å². The van der Waals surface area contributed by atoms with Crippen molar-refractivity contribution in [1.29, 1.82) is 0 Å². The molecule has 0 radical (unpaired) electrons. The van der Waals surface area contributed by atoms with Gasteiger partial charge in [0.25, 0.3) is 0 Å². The predicted octanol–water partition coefficient (Wildman–Crippen LogP) is 3.93. The van der Waals surface area contributed by atoms with Crippen LogP contribution in [-0.2, 0) is 11.2 Å². The molecule has 0 aliphatic carbocycles. The van der Waals surface area contributed by atoms with Crippen molar-refractivity contribution in [3.05, 3.63) is 40.6 Å². The fourth-order valence-electron chi connectivity index (χ4n) is 2.42. The number of methoxy groups -OCH3 is 1. The third-order valence-corrected chi connectivity index (χ3v) is 5.71. The molecule has 0 aliphatic heterocycles. The number of carbonyl (C=O) groups is 1. The van der Waals surface area contributed by atoms with Gasteiger partial charge in [0.15, 0.2) is 5.13 Å². The largest absolute Gasteiger partial charge is 0.497 e. The summed E-state index contributed by atoms with van der Waals surface area (Å²) in [6.07, 6.45) is 0.407. The van der Waals surface area contributed by atoms with Gasteiger partial charge in [0.05, 0.1) is 23.7 Å². The van der Waals surface area contributed by atoms with E-state index in [2.05, 4.69) is 9.88 Å². The number of hydrogen-bond donors (Lipinski definition) is 0. The molecular formula is C18H22ClN3O2S2. The van der Waals surface area contributed by atoms with Gasteiger partial charge in [-0.3, -0.25) is 9.69 Å². The summed E-state index contributed by atoms with van der Waals surface area (Å²) in [7, 11) is 5.66. The highest BCUT2D eigenvalue weighted by Gasteiger charge is 2.20. The molecule has 0 bridgehead atoms. The van der Waals surface area contributed by atoms with Gasteiger partial charge in [-0.1, -0.05) is 17.4 Å². The number of carbonyl (C=O) groups excluding carboxylic acids is 1. The quantitative estimate of drug-likeness (QED) is 0.591. The Bertz CT molecular complexity index is 849. The zero-order valence-electron chi connectivity index (χ0n) is 15.0. The van der Waals surface area contributed by atoms with Crippen LogP contribution in [0.3, 0.4) is 0 Å². The number of thiophene rings is 1. The molecule has 0 aliphatic rings. The van der Waals surface area contributed by atoms with Gasteiger partial charge in [-0.15, -0.1) is 23.7 Å². The van der Waals surface area contributed by atoms with Crippen LogP contribution >= 0.6 is 35.1 Å². The molecule has 0 atom stereocenters. The van der Waals surface area contributed by atoms with Crippen LogP contribution in [0.15, 0.2) is 35.7 Å². The van der Waals surface area contributed by atoms with Crippen molar-refractivity contribution < 1.29 is 9.53 Å². The number of amides is 1. The van der Waals surface area contributed by atoms with Gasteiger partial charge in [-0.25, -0.2) is 4.98 Å². The van der Waals surface area contributed by atoms with Crippen molar-refractivity contribution in [2.24, 2.45) is 0 Å². The number of hydrogen-bond acceptors (Lipinski definition) is 6. The van der Waals surface area contributed by atoms with E-state index in [1.807, 2.05) is 49.8 Å². The second-order valence-electron chi connectivity index (χ2n) is 5.93. The van der Waals surface area contributed by atoms with E-state index in [4.69, 9.17) is 4.74 Å². The van der Waals surface area contributed by atoms with Crippen molar-refractivity contribution in [2.75, 3.05) is 39.2 Å². The molecule has 26 heavy (non-hydrogen) atoms. The minimum absolute atomic E-state index is 0. The maximum atomic E-state index is 12.9. The first-order valence-corrected chi connectivity index (χ1v) is 9.68. The van der Waals surface area contributed by atoms with E-state index in [1.54, 1.807) is 23.3 Å². The van der Waals surface area contributed by atoms with Crippen molar-refractivity contribution in [2.45, 2.75) is 6.42 Å². The molecule has 3 aromatic rings. The Balaban J connectivity index is 0.00000243. The number of benzene rings is 1. The molecule has 2 aromatic heterocycles. The molecular weight excluding hydrogens is 390 g/mol. The lowest BCUT2D eigenvalue weighted by Crippen LogP contribution is -2.37. The van der Waals surface area contributed by atoms with Gasteiger partial charge >= 0.3 is 0 Å². The standard InChI is InChI=1S/C18H21N3O2S2.ClH/c1-20(2)8-9-21(17(22)12-14-5-4-10-24-14)18-19-15-7-6-13(23-3)11-16(15)25-18;/h4-7,10-11H,8-9,12H2,1-3H3;1H. The summed E-state index contributed by atoms with van der Waals surface area (Å²) in [5.41, 5.74) is 0.888. The van der Waals surface area contributed by atoms with Crippen LogP contribution in [0.4, 0.5) is 5.13 Å². The van der Waals surface area contributed by atoms with Crippen LogP contribution in [0.1, 0.15) is 4.88 Å². The van der Waals surface area contributed by atoms with E-state index in [-0.39, 0.29) is 18.3 Å². The van der Waals surface area contributed by atoms with Crippen molar-refractivity contribution in [3.8, 4) is 5.75 Å². The Morgan fingerprint density at radius 3 is 2.69 bits per heavy atom. The maximum Gasteiger partial charge on any atom is 0.234 e. The van der Waals surface area contributed by atoms with Crippen LogP contribution in [0, 0.1) is 0 Å². The van der Waals surface area contributed by atoms with E-state index in [0.29, 0.717) is 13.0 Å². The van der Waals surface area contributed by atoms with Gasteiger partial charge in [-0.05, 0) is 43.7 Å². The lowest BCUT2D eigenvalue weighted by atomic mass is 10.3. The minimum Gasteiger partial charge on any atom is -0.497 e. The van der Waals surface area contributed by atoms with Crippen molar-refractivity contribution in [1.82, 2.24) is 9.88 Å². The summed E-state index contributed by atoms with van der Waals surface area (Å²) >= 11 is 3.13. The summed E-state index contributed by atoms with van der Waals surface area (Å²) in [4.78, 5) is 22.5. The number of anilines is 1. The summed E-state index contributed by atoms with van der Waals surface area (Å²) in [6.45, 7) is 1.41. The molecule has 0 saturated heterocycles. The Morgan fingerprint density at radius 2 is 2.04 bits per heavy atom. The third kappa shape index (κ3) is 4.94. The molecule has 1 aromatic carbocycles. The SMILES string of the molecule is COc1ccc2nc(N(CCN(C)C)C(=O)Cc3cccs3)sc2c1.Cl. The molecule has 0 saturated carbocycles. The van der Waals surface area contributed by atoms with Crippen LogP contribution in [-0.4, -0.2) is 50.1 Å². The molecule has 2 heterocycles. The number of aromatic nitrogens is 1. The van der Waals surface area contributed by atoms with Crippen LogP contribution in [0.5, 0.6) is 5.75 Å². The minimum atomic E-state index is 0. The van der Waals surface area contributed by atoms with E-state index >= 15 is 0 Å². The Kier molecular flexibility index (Phi) is 7.40. The molecule has 0 fully saturated rings. The van der Waals surface area contributed by atoms with Gasteiger partial charge in [0, 0.05) is 18.0 Å². The first-order valence-electron chi connectivity index (χ1n) is 7.99. The fourth-order valence-corrected chi connectivity index (χ4v) is 4.15. The fraction of sp³-hybridized carbons (Fsp3) is 0.333. The van der Waals surface area contributed by atoms with Gasteiger partial charge in [-0.2, -0.15) is 0 Å². The topological polar surface area (TPSA) is 45.7 Å². The smallest absolute Gasteiger partial charge is 0.234 e. The number of likely N-dealkylation sites (N-methyl/N-ethyl adjacent to an activating group) is 1. The normalized spacial score (nSPS) is 10.8. The van der Waals surface area contributed by atoms with Gasteiger partial charge in [0.2, 0.25) is 5.91 Å². The number of ether oxygens (including phenoxy) is 1. The predicted molar refractivity (Wildman–Crippen MR) is 112 cm³/mol. The lowest BCUT2D eigenvalue weighted by molar-refractivity contribution is -0.118. The number of rotatable bonds is 7. The van der Waals surface area contributed by atoms with Gasteiger partial charge < -0.3 is 9.64 Å². The molecule has 0 spiro atoms. The summed E-state index contributed by atoms with van der Waals surface area (Å²) in [6, 6.07) is 9.76. The highest BCUT2D eigenvalue weighted by molar-refractivity contribution is 7.22. The second kappa shape index (κ2) is 9.32. The number of nitrogens with zero attached hydrogens (tertiary/aromatic N) is 3. The first-order chi connectivity index (χ1) is 12.1. The van der Waals surface area contributed by atoms with Crippen LogP contribution in [0.2, 0.25) is 0 Å². The highest BCUT2D eigenvalue weighted by atomic mass is 35.5.